The summed E-state index contributed by atoms with van der Waals surface area (Å²) >= 11 is 6.05. The van der Waals surface area contributed by atoms with E-state index in [4.69, 9.17) is 11.6 Å². The molecule has 28 heavy (non-hydrogen) atoms. The predicted molar refractivity (Wildman–Crippen MR) is 108 cm³/mol. The number of benzene rings is 3. The molecule has 144 valence electrons. The average molecular weight is 419 g/mol. The number of sulfonamides is 1. The number of rotatable bonds is 5. The van der Waals surface area contributed by atoms with Gasteiger partial charge in [0.2, 0.25) is 0 Å². The molecule has 0 aliphatic heterocycles. The molecule has 0 fully saturated rings. The topological polar surface area (TPSA) is 75.3 Å². The van der Waals surface area contributed by atoms with Gasteiger partial charge < -0.3 is 5.32 Å². The lowest BCUT2D eigenvalue weighted by molar-refractivity contribution is 0.102. The lowest BCUT2D eigenvalue weighted by Crippen LogP contribution is -2.16. The van der Waals surface area contributed by atoms with E-state index in [9.17, 15) is 17.6 Å². The van der Waals surface area contributed by atoms with Crippen LogP contribution in [0.1, 0.15) is 15.9 Å². The fourth-order valence-electron chi connectivity index (χ4n) is 2.47. The number of hydrogen-bond acceptors (Lipinski definition) is 3. The zero-order valence-electron chi connectivity index (χ0n) is 14.7. The Labute approximate surface area is 167 Å². The van der Waals surface area contributed by atoms with Crippen molar-refractivity contribution in [2.75, 3.05) is 10.0 Å². The minimum atomic E-state index is -3.94. The maximum atomic E-state index is 13.0. The maximum Gasteiger partial charge on any atom is 0.261 e. The van der Waals surface area contributed by atoms with Crippen molar-refractivity contribution < 1.29 is 17.6 Å². The highest BCUT2D eigenvalue weighted by atomic mass is 35.5. The second kappa shape index (κ2) is 8.00. The molecule has 0 spiro atoms. The third-order valence-electron chi connectivity index (χ3n) is 4.02. The van der Waals surface area contributed by atoms with Crippen LogP contribution < -0.4 is 10.0 Å². The van der Waals surface area contributed by atoms with Crippen LogP contribution in [0, 0.1) is 12.7 Å². The minimum absolute atomic E-state index is 0.0905. The monoisotopic (exact) mass is 418 g/mol. The number of hydrogen-bond donors (Lipinski definition) is 2. The van der Waals surface area contributed by atoms with Crippen molar-refractivity contribution in [2.24, 2.45) is 0 Å². The summed E-state index contributed by atoms with van der Waals surface area (Å²) in [6.07, 6.45) is 0. The molecule has 0 unspecified atom stereocenters. The van der Waals surface area contributed by atoms with E-state index in [1.54, 1.807) is 25.1 Å². The summed E-state index contributed by atoms with van der Waals surface area (Å²) in [5, 5.41) is 3.23. The first-order valence-electron chi connectivity index (χ1n) is 8.21. The highest BCUT2D eigenvalue weighted by molar-refractivity contribution is 7.92. The molecule has 0 heterocycles. The molecule has 0 saturated heterocycles. The molecule has 0 atom stereocenters. The second-order valence-corrected chi connectivity index (χ2v) is 8.10. The molecule has 3 aromatic rings. The van der Waals surface area contributed by atoms with Gasteiger partial charge in [0, 0.05) is 22.0 Å². The van der Waals surface area contributed by atoms with Crippen LogP contribution in [0.5, 0.6) is 0 Å². The van der Waals surface area contributed by atoms with Gasteiger partial charge in [0.05, 0.1) is 4.90 Å². The fourth-order valence-corrected chi connectivity index (χ4v) is 3.75. The van der Waals surface area contributed by atoms with Crippen LogP contribution in [0.3, 0.4) is 0 Å². The van der Waals surface area contributed by atoms with Gasteiger partial charge in [0.1, 0.15) is 5.82 Å². The first kappa shape index (κ1) is 19.9. The quantitative estimate of drug-likeness (QED) is 0.622. The Bertz CT molecular complexity index is 1130. The van der Waals surface area contributed by atoms with Gasteiger partial charge in [0.15, 0.2) is 0 Å². The second-order valence-electron chi connectivity index (χ2n) is 6.01. The molecule has 2 N–H and O–H groups in total. The molecule has 0 radical (unpaired) electrons. The van der Waals surface area contributed by atoms with E-state index in [0.29, 0.717) is 16.3 Å². The maximum absolute atomic E-state index is 13.0. The van der Waals surface area contributed by atoms with E-state index in [0.717, 1.165) is 12.1 Å². The number of halogens is 2. The number of anilines is 2. The first-order chi connectivity index (χ1) is 13.3. The Morgan fingerprint density at radius 2 is 1.68 bits per heavy atom. The number of amides is 1. The van der Waals surface area contributed by atoms with Crippen LogP contribution in [0.25, 0.3) is 0 Å². The largest absolute Gasteiger partial charge is 0.322 e. The molecule has 8 heteroatoms. The molecule has 1 amide bonds. The zero-order valence-corrected chi connectivity index (χ0v) is 16.3. The van der Waals surface area contributed by atoms with Crippen LogP contribution in [0.2, 0.25) is 5.02 Å². The lowest BCUT2D eigenvalue weighted by atomic mass is 10.1. The standard InChI is InChI=1S/C20H16ClFN2O3S/c1-13-18(21)6-3-7-19(13)23-20(25)14-4-2-5-17(12-14)28(26,27)24-16-10-8-15(22)9-11-16/h2-12,24H,1H3,(H,23,25). The Hall–Kier alpha value is -2.90. The van der Waals surface area contributed by atoms with Crippen LogP contribution in [-0.4, -0.2) is 14.3 Å². The van der Waals surface area contributed by atoms with Crippen molar-refractivity contribution in [2.45, 2.75) is 11.8 Å². The molecule has 0 bridgehead atoms. The van der Waals surface area contributed by atoms with Crippen molar-refractivity contribution in [1.29, 1.82) is 0 Å². The van der Waals surface area contributed by atoms with Crippen LogP contribution in [-0.2, 0) is 10.0 Å². The third kappa shape index (κ3) is 4.49. The first-order valence-corrected chi connectivity index (χ1v) is 10.1. The smallest absolute Gasteiger partial charge is 0.261 e. The Balaban J connectivity index is 1.83. The number of nitrogens with one attached hydrogen (secondary N) is 2. The molecule has 0 aliphatic carbocycles. The van der Waals surface area contributed by atoms with Crippen molar-refractivity contribution in [3.8, 4) is 0 Å². The molecule has 0 aliphatic rings. The lowest BCUT2D eigenvalue weighted by Gasteiger charge is -2.11. The summed E-state index contributed by atoms with van der Waals surface area (Å²) in [7, 11) is -3.94. The van der Waals surface area contributed by atoms with Gasteiger partial charge in [-0.05, 0) is 67.1 Å². The summed E-state index contributed by atoms with van der Waals surface area (Å²) < 4.78 is 40.5. The molecule has 0 saturated carbocycles. The van der Waals surface area contributed by atoms with Crippen molar-refractivity contribution >= 4 is 38.9 Å². The van der Waals surface area contributed by atoms with E-state index >= 15 is 0 Å². The fraction of sp³-hybridized carbons (Fsp3) is 0.0500. The van der Waals surface area contributed by atoms with E-state index < -0.39 is 21.7 Å². The Kier molecular flexibility index (Phi) is 5.67. The number of carbonyl (C=O) groups is 1. The van der Waals surface area contributed by atoms with Gasteiger partial charge in [-0.3, -0.25) is 9.52 Å². The minimum Gasteiger partial charge on any atom is -0.322 e. The van der Waals surface area contributed by atoms with Gasteiger partial charge in [-0.1, -0.05) is 23.7 Å². The van der Waals surface area contributed by atoms with E-state index in [2.05, 4.69) is 10.0 Å². The highest BCUT2D eigenvalue weighted by Crippen LogP contribution is 2.24. The SMILES string of the molecule is Cc1c(Cl)cccc1NC(=O)c1cccc(S(=O)(=O)Nc2ccc(F)cc2)c1. The molecular formula is C20H16ClFN2O3S. The van der Waals surface area contributed by atoms with E-state index in [-0.39, 0.29) is 16.1 Å². The highest BCUT2D eigenvalue weighted by Gasteiger charge is 2.17. The summed E-state index contributed by atoms with van der Waals surface area (Å²) in [4.78, 5) is 12.5. The van der Waals surface area contributed by atoms with Gasteiger partial charge >= 0.3 is 0 Å². The zero-order chi connectivity index (χ0) is 20.3. The number of carbonyl (C=O) groups excluding carboxylic acids is 1. The van der Waals surface area contributed by atoms with Gasteiger partial charge in [-0.2, -0.15) is 0 Å². The average Bonchev–Trinajstić information content (AvgIpc) is 2.67. The molecule has 0 aromatic heterocycles. The van der Waals surface area contributed by atoms with Crippen molar-refractivity contribution in [3.63, 3.8) is 0 Å². The normalized spacial score (nSPS) is 11.1. The van der Waals surface area contributed by atoms with Crippen molar-refractivity contribution in [3.05, 3.63) is 88.7 Å². The van der Waals surface area contributed by atoms with Crippen molar-refractivity contribution in [1.82, 2.24) is 0 Å². The molecule has 3 rings (SSSR count). The van der Waals surface area contributed by atoms with E-state index in [1.807, 2.05) is 0 Å². The van der Waals surface area contributed by atoms with Crippen LogP contribution in [0.15, 0.2) is 71.6 Å². The summed E-state index contributed by atoms with van der Waals surface area (Å²) in [5.41, 5.74) is 1.63. The third-order valence-corrected chi connectivity index (χ3v) is 5.81. The summed E-state index contributed by atoms with van der Waals surface area (Å²) in [6.45, 7) is 1.77. The predicted octanol–water partition coefficient (Wildman–Crippen LogP) is 4.84. The van der Waals surface area contributed by atoms with Gasteiger partial charge in [-0.25, -0.2) is 12.8 Å². The van der Waals surface area contributed by atoms with Gasteiger partial charge in [0.25, 0.3) is 15.9 Å². The molecule has 3 aromatic carbocycles. The Morgan fingerprint density at radius 3 is 2.39 bits per heavy atom. The molecular weight excluding hydrogens is 403 g/mol. The van der Waals surface area contributed by atoms with E-state index in [1.165, 1.54) is 36.4 Å². The summed E-state index contributed by atoms with van der Waals surface area (Å²) in [5.74, 6) is -0.942. The van der Waals surface area contributed by atoms with Crippen LogP contribution >= 0.6 is 11.6 Å². The Morgan fingerprint density at radius 1 is 1.00 bits per heavy atom. The van der Waals surface area contributed by atoms with Gasteiger partial charge in [-0.15, -0.1) is 0 Å². The molecule has 5 nitrogen and oxygen atoms in total. The van der Waals surface area contributed by atoms with Crippen LogP contribution in [0.4, 0.5) is 15.8 Å². The summed E-state index contributed by atoms with van der Waals surface area (Å²) in [6, 6.07) is 15.6.